The largest absolute Gasteiger partial charge is 0.354 e. The Hall–Kier alpha value is -2.19. The van der Waals surface area contributed by atoms with Gasteiger partial charge in [-0.05, 0) is 31.0 Å². The second-order valence-electron chi connectivity index (χ2n) is 6.38. The third-order valence-corrected chi connectivity index (χ3v) is 6.42. The van der Waals surface area contributed by atoms with Gasteiger partial charge in [-0.15, -0.1) is 11.3 Å². The molecule has 0 saturated carbocycles. The van der Waals surface area contributed by atoms with E-state index in [1.807, 2.05) is 29.3 Å². The number of thiophene rings is 1. The van der Waals surface area contributed by atoms with Gasteiger partial charge in [-0.25, -0.2) is 9.97 Å². The van der Waals surface area contributed by atoms with Crippen LogP contribution in [0.15, 0.2) is 29.9 Å². The number of thioether (sulfide) groups is 1. The van der Waals surface area contributed by atoms with Crippen molar-refractivity contribution in [3.63, 3.8) is 0 Å². The van der Waals surface area contributed by atoms with E-state index in [0.717, 1.165) is 53.3 Å². The Labute approximate surface area is 166 Å². The average molecular weight is 400 g/mol. The van der Waals surface area contributed by atoms with E-state index in [4.69, 9.17) is 0 Å². The van der Waals surface area contributed by atoms with E-state index < -0.39 is 0 Å². The summed E-state index contributed by atoms with van der Waals surface area (Å²) in [6.45, 7) is 4.54. The van der Waals surface area contributed by atoms with Gasteiger partial charge in [0.05, 0.1) is 10.9 Å². The van der Waals surface area contributed by atoms with Crippen molar-refractivity contribution in [1.29, 1.82) is 0 Å². The van der Waals surface area contributed by atoms with Crippen LogP contribution in [0.3, 0.4) is 0 Å². The van der Waals surface area contributed by atoms with Crippen LogP contribution in [0.25, 0.3) is 10.9 Å². The quantitative estimate of drug-likeness (QED) is 0.711. The molecule has 0 spiro atoms. The van der Waals surface area contributed by atoms with E-state index in [-0.39, 0.29) is 11.7 Å². The van der Waals surface area contributed by atoms with Crippen LogP contribution in [-0.4, -0.2) is 52.0 Å². The van der Waals surface area contributed by atoms with Gasteiger partial charge < -0.3 is 10.2 Å². The second kappa shape index (κ2) is 8.22. The third kappa shape index (κ3) is 4.06. The molecular weight excluding hydrogens is 378 g/mol. The number of pyridine rings is 1. The lowest BCUT2D eigenvalue weighted by Crippen LogP contribution is -2.34. The van der Waals surface area contributed by atoms with Crippen LogP contribution in [0.1, 0.15) is 21.1 Å². The molecule has 0 atom stereocenters. The maximum Gasteiger partial charge on any atom is 0.289 e. The lowest BCUT2D eigenvalue weighted by molar-refractivity contribution is 0.0944. The smallest absolute Gasteiger partial charge is 0.289 e. The van der Waals surface area contributed by atoms with E-state index in [9.17, 15) is 4.79 Å². The van der Waals surface area contributed by atoms with E-state index in [2.05, 4.69) is 32.1 Å². The predicted octanol–water partition coefficient (Wildman–Crippen LogP) is 2.92. The summed E-state index contributed by atoms with van der Waals surface area (Å²) in [6.07, 6.45) is 4.27. The Balaban J connectivity index is 1.55. The minimum atomic E-state index is -0.220. The van der Waals surface area contributed by atoms with Crippen LogP contribution in [0.2, 0.25) is 0 Å². The Bertz CT molecular complexity index is 938. The van der Waals surface area contributed by atoms with Crippen LogP contribution in [0, 0.1) is 6.92 Å². The zero-order valence-electron chi connectivity index (χ0n) is 15.1. The molecule has 8 heteroatoms. The van der Waals surface area contributed by atoms with Crippen LogP contribution in [0.5, 0.6) is 0 Å². The predicted molar refractivity (Wildman–Crippen MR) is 112 cm³/mol. The first-order valence-electron chi connectivity index (χ1n) is 8.98. The van der Waals surface area contributed by atoms with Crippen molar-refractivity contribution < 1.29 is 4.79 Å². The second-order valence-corrected chi connectivity index (χ2v) is 8.69. The van der Waals surface area contributed by atoms with E-state index >= 15 is 0 Å². The summed E-state index contributed by atoms with van der Waals surface area (Å²) in [4.78, 5) is 29.3. The third-order valence-electron chi connectivity index (χ3n) is 4.58. The molecule has 0 aromatic carbocycles. The van der Waals surface area contributed by atoms with Gasteiger partial charge in [0.1, 0.15) is 5.82 Å². The molecule has 1 amide bonds. The average Bonchev–Trinajstić information content (AvgIpc) is 3.10. The zero-order valence-corrected chi connectivity index (χ0v) is 16.8. The van der Waals surface area contributed by atoms with Crippen molar-refractivity contribution in [3.05, 3.63) is 46.2 Å². The highest BCUT2D eigenvalue weighted by molar-refractivity contribution is 7.99. The standard InChI is InChI=1S/C19H21N5OS2/c1-13-16-15(12-27-13)22-17(23-18(16)24-8-10-26-11-9-24)19(25)21-7-4-14-2-5-20-6-3-14/h2-3,5-6,12H,4,7-11H2,1H3,(H,21,25). The summed E-state index contributed by atoms with van der Waals surface area (Å²) in [5, 5.41) is 6.05. The van der Waals surface area contributed by atoms with Gasteiger partial charge in [0.25, 0.3) is 5.91 Å². The van der Waals surface area contributed by atoms with Crippen LogP contribution >= 0.6 is 23.1 Å². The van der Waals surface area contributed by atoms with Gasteiger partial charge in [0.15, 0.2) is 0 Å². The maximum atomic E-state index is 12.7. The molecule has 1 saturated heterocycles. The van der Waals surface area contributed by atoms with Crippen molar-refractivity contribution in [1.82, 2.24) is 20.3 Å². The lowest BCUT2D eigenvalue weighted by atomic mass is 10.2. The van der Waals surface area contributed by atoms with Crippen molar-refractivity contribution >= 4 is 45.7 Å². The van der Waals surface area contributed by atoms with Gasteiger partial charge in [0.2, 0.25) is 5.82 Å². The van der Waals surface area contributed by atoms with Crippen LogP contribution in [0.4, 0.5) is 5.82 Å². The van der Waals surface area contributed by atoms with Gasteiger partial charge in [-0.2, -0.15) is 11.8 Å². The number of rotatable bonds is 5. The fourth-order valence-corrected chi connectivity index (χ4v) is 4.82. The van der Waals surface area contributed by atoms with Gasteiger partial charge in [0, 0.05) is 53.8 Å². The highest BCUT2D eigenvalue weighted by Gasteiger charge is 2.21. The molecule has 6 nitrogen and oxygen atoms in total. The van der Waals surface area contributed by atoms with Crippen LogP contribution in [-0.2, 0) is 6.42 Å². The summed E-state index contributed by atoms with van der Waals surface area (Å²) in [5.74, 6) is 3.11. The van der Waals surface area contributed by atoms with Crippen molar-refractivity contribution in [2.75, 3.05) is 36.0 Å². The Kier molecular flexibility index (Phi) is 5.54. The molecule has 1 fully saturated rings. The van der Waals surface area contributed by atoms with Crippen molar-refractivity contribution in [3.8, 4) is 0 Å². The molecule has 1 N–H and O–H groups in total. The number of nitrogens with one attached hydrogen (secondary N) is 1. The summed E-state index contributed by atoms with van der Waals surface area (Å²) < 4.78 is 0. The molecule has 0 radical (unpaired) electrons. The number of carbonyl (C=O) groups excluding carboxylic acids is 1. The highest BCUT2D eigenvalue weighted by Crippen LogP contribution is 2.32. The van der Waals surface area contributed by atoms with E-state index in [1.54, 1.807) is 23.7 Å². The number of hydrogen-bond acceptors (Lipinski definition) is 7. The summed E-state index contributed by atoms with van der Waals surface area (Å²) in [6, 6.07) is 3.91. The number of fused-ring (bicyclic) bond motifs is 1. The molecule has 27 heavy (non-hydrogen) atoms. The number of aromatic nitrogens is 3. The first kappa shape index (κ1) is 18.2. The maximum absolute atomic E-state index is 12.7. The fourth-order valence-electron chi connectivity index (χ4n) is 3.15. The summed E-state index contributed by atoms with van der Waals surface area (Å²) in [5.41, 5.74) is 2.00. The highest BCUT2D eigenvalue weighted by atomic mass is 32.2. The number of carbonyl (C=O) groups is 1. The number of amides is 1. The monoisotopic (exact) mass is 399 g/mol. The topological polar surface area (TPSA) is 71.0 Å². The minimum Gasteiger partial charge on any atom is -0.354 e. The first-order chi connectivity index (χ1) is 13.2. The Morgan fingerprint density at radius 3 is 2.78 bits per heavy atom. The molecule has 140 valence electrons. The van der Waals surface area contributed by atoms with Crippen LogP contribution < -0.4 is 10.2 Å². The minimum absolute atomic E-state index is 0.220. The van der Waals surface area contributed by atoms with Gasteiger partial charge in [-0.1, -0.05) is 0 Å². The molecule has 0 unspecified atom stereocenters. The van der Waals surface area contributed by atoms with Crippen molar-refractivity contribution in [2.24, 2.45) is 0 Å². The number of hydrogen-bond donors (Lipinski definition) is 1. The van der Waals surface area contributed by atoms with Gasteiger partial charge >= 0.3 is 0 Å². The SMILES string of the molecule is Cc1scc2nc(C(=O)NCCc3ccncc3)nc(N3CCSCC3)c12. The molecule has 4 heterocycles. The summed E-state index contributed by atoms with van der Waals surface area (Å²) in [7, 11) is 0. The molecule has 3 aromatic heterocycles. The lowest BCUT2D eigenvalue weighted by Gasteiger charge is -2.28. The Morgan fingerprint density at radius 2 is 2.00 bits per heavy atom. The molecular formula is C19H21N5OS2. The Morgan fingerprint density at radius 1 is 1.22 bits per heavy atom. The van der Waals surface area contributed by atoms with E-state index in [1.165, 1.54) is 4.88 Å². The molecule has 0 aliphatic carbocycles. The first-order valence-corrected chi connectivity index (χ1v) is 11.0. The number of nitrogens with zero attached hydrogens (tertiary/aromatic N) is 4. The van der Waals surface area contributed by atoms with Gasteiger partial charge in [-0.3, -0.25) is 9.78 Å². The number of aryl methyl sites for hydroxylation is 1. The molecule has 0 bridgehead atoms. The summed E-state index contributed by atoms with van der Waals surface area (Å²) >= 11 is 3.62. The molecule has 3 aromatic rings. The fraction of sp³-hybridized carbons (Fsp3) is 0.368. The zero-order chi connectivity index (χ0) is 18.6. The molecule has 4 rings (SSSR count). The normalized spacial score (nSPS) is 14.5. The number of anilines is 1. The molecule has 1 aliphatic heterocycles. The molecule has 1 aliphatic rings. The van der Waals surface area contributed by atoms with E-state index in [0.29, 0.717) is 6.54 Å². The van der Waals surface area contributed by atoms with Crippen molar-refractivity contribution in [2.45, 2.75) is 13.3 Å².